The molecule has 1 aromatic carbocycles. The van der Waals surface area contributed by atoms with Gasteiger partial charge in [0.2, 0.25) is 5.91 Å². The van der Waals surface area contributed by atoms with Crippen molar-refractivity contribution >= 4 is 21.8 Å². The second kappa shape index (κ2) is 9.04. The van der Waals surface area contributed by atoms with Gasteiger partial charge in [-0.1, -0.05) is 25.5 Å². The van der Waals surface area contributed by atoms with E-state index in [1.807, 2.05) is 31.2 Å². The Morgan fingerprint density at radius 2 is 2.00 bits per heavy atom. The van der Waals surface area contributed by atoms with E-state index in [4.69, 9.17) is 4.74 Å². The summed E-state index contributed by atoms with van der Waals surface area (Å²) in [6.07, 6.45) is 5.68. The van der Waals surface area contributed by atoms with E-state index >= 15 is 0 Å². The normalized spacial score (nSPS) is 19.2. The SMILES string of the molecule is CCCCN(C(=O)/C=C/c1ccc(OCC)cc1)C1CCS(=O)(=O)C1. The molecule has 0 N–H and O–H groups in total. The van der Waals surface area contributed by atoms with Crippen LogP contribution in [0, 0.1) is 0 Å². The summed E-state index contributed by atoms with van der Waals surface area (Å²) >= 11 is 0. The van der Waals surface area contributed by atoms with Gasteiger partial charge in [0, 0.05) is 18.7 Å². The van der Waals surface area contributed by atoms with Crippen LogP contribution in [0.1, 0.15) is 38.7 Å². The molecule has 1 aromatic rings. The van der Waals surface area contributed by atoms with Gasteiger partial charge >= 0.3 is 0 Å². The number of sulfone groups is 1. The van der Waals surface area contributed by atoms with E-state index in [2.05, 4.69) is 6.92 Å². The summed E-state index contributed by atoms with van der Waals surface area (Å²) in [5.41, 5.74) is 0.909. The zero-order chi connectivity index (χ0) is 18.3. The Balaban J connectivity index is 2.05. The smallest absolute Gasteiger partial charge is 0.246 e. The van der Waals surface area contributed by atoms with Gasteiger partial charge in [-0.15, -0.1) is 0 Å². The molecule has 1 saturated heterocycles. The molecule has 1 amide bonds. The van der Waals surface area contributed by atoms with Gasteiger partial charge in [-0.3, -0.25) is 4.79 Å². The number of nitrogens with zero attached hydrogens (tertiary/aromatic N) is 1. The molecule has 0 aliphatic carbocycles. The second-order valence-electron chi connectivity index (χ2n) is 6.28. The number of unbranched alkanes of at least 4 members (excludes halogenated alkanes) is 1. The fraction of sp³-hybridized carbons (Fsp3) is 0.526. The minimum atomic E-state index is -3.01. The molecule has 1 atom stereocenters. The standard InChI is InChI=1S/C19H27NO4S/c1-3-5-13-20(17-12-14-25(22,23)15-17)19(21)11-8-16-6-9-18(10-7-16)24-4-2/h6-11,17H,3-5,12-15H2,1-2H3/b11-8+. The first kappa shape index (κ1) is 19.5. The molecule has 1 fully saturated rings. The van der Waals surface area contributed by atoms with Gasteiger partial charge in [-0.05, 0) is 43.5 Å². The van der Waals surface area contributed by atoms with Crippen molar-refractivity contribution < 1.29 is 17.9 Å². The molecule has 0 aromatic heterocycles. The number of rotatable bonds is 8. The Morgan fingerprint density at radius 3 is 2.56 bits per heavy atom. The van der Waals surface area contributed by atoms with Gasteiger partial charge in [0.25, 0.3) is 0 Å². The Hall–Kier alpha value is -1.82. The highest BCUT2D eigenvalue weighted by Crippen LogP contribution is 2.19. The molecule has 2 rings (SSSR count). The van der Waals surface area contributed by atoms with Gasteiger partial charge in [0.1, 0.15) is 5.75 Å². The van der Waals surface area contributed by atoms with Crippen molar-refractivity contribution in [1.82, 2.24) is 4.90 Å². The summed E-state index contributed by atoms with van der Waals surface area (Å²) < 4.78 is 28.9. The first-order valence-electron chi connectivity index (χ1n) is 8.87. The van der Waals surface area contributed by atoms with Crippen LogP contribution in [0.4, 0.5) is 0 Å². The Labute approximate surface area is 150 Å². The van der Waals surface area contributed by atoms with Crippen LogP contribution in [-0.4, -0.2) is 49.9 Å². The van der Waals surface area contributed by atoms with Gasteiger partial charge < -0.3 is 9.64 Å². The maximum atomic E-state index is 12.6. The summed E-state index contributed by atoms with van der Waals surface area (Å²) in [7, 11) is -3.01. The molecule has 1 heterocycles. The van der Waals surface area contributed by atoms with E-state index in [0.717, 1.165) is 24.2 Å². The van der Waals surface area contributed by atoms with Crippen LogP contribution in [0.25, 0.3) is 6.08 Å². The maximum absolute atomic E-state index is 12.6. The Morgan fingerprint density at radius 1 is 1.28 bits per heavy atom. The lowest BCUT2D eigenvalue weighted by molar-refractivity contribution is -0.127. The molecule has 0 radical (unpaired) electrons. The summed E-state index contributed by atoms with van der Waals surface area (Å²) in [4.78, 5) is 14.3. The number of benzene rings is 1. The van der Waals surface area contributed by atoms with Crippen LogP contribution in [0.5, 0.6) is 5.75 Å². The zero-order valence-electron chi connectivity index (χ0n) is 15.0. The molecular weight excluding hydrogens is 338 g/mol. The van der Waals surface area contributed by atoms with Crippen molar-refractivity contribution in [1.29, 1.82) is 0 Å². The fourth-order valence-electron chi connectivity index (χ4n) is 2.93. The van der Waals surface area contributed by atoms with Crippen LogP contribution in [0.15, 0.2) is 30.3 Å². The molecular formula is C19H27NO4S. The zero-order valence-corrected chi connectivity index (χ0v) is 15.8. The number of hydrogen-bond acceptors (Lipinski definition) is 4. The van der Waals surface area contributed by atoms with Crippen molar-refractivity contribution in [3.8, 4) is 5.75 Å². The third-order valence-electron chi connectivity index (χ3n) is 4.29. The van der Waals surface area contributed by atoms with Crippen molar-refractivity contribution in [2.75, 3.05) is 24.7 Å². The topological polar surface area (TPSA) is 63.7 Å². The Kier molecular flexibility index (Phi) is 7.05. The molecule has 6 heteroatoms. The number of ether oxygens (including phenoxy) is 1. The van der Waals surface area contributed by atoms with Crippen LogP contribution in [0.2, 0.25) is 0 Å². The average Bonchev–Trinajstić information content (AvgIpc) is 2.94. The van der Waals surface area contributed by atoms with Crippen molar-refractivity contribution in [3.05, 3.63) is 35.9 Å². The highest BCUT2D eigenvalue weighted by Gasteiger charge is 2.33. The third kappa shape index (κ3) is 5.88. The number of hydrogen-bond donors (Lipinski definition) is 0. The molecule has 138 valence electrons. The lowest BCUT2D eigenvalue weighted by atomic mass is 10.1. The van der Waals surface area contributed by atoms with Crippen molar-refractivity contribution in [3.63, 3.8) is 0 Å². The summed E-state index contributed by atoms with van der Waals surface area (Å²) in [5.74, 6) is 0.936. The predicted molar refractivity (Wildman–Crippen MR) is 100 cm³/mol. The van der Waals surface area contributed by atoms with E-state index < -0.39 is 9.84 Å². The molecule has 0 spiro atoms. The molecule has 25 heavy (non-hydrogen) atoms. The highest BCUT2D eigenvalue weighted by atomic mass is 32.2. The first-order valence-corrected chi connectivity index (χ1v) is 10.7. The molecule has 5 nitrogen and oxygen atoms in total. The molecule has 1 aliphatic rings. The number of carbonyl (C=O) groups is 1. The largest absolute Gasteiger partial charge is 0.494 e. The van der Waals surface area contributed by atoms with Gasteiger partial charge in [-0.25, -0.2) is 8.42 Å². The maximum Gasteiger partial charge on any atom is 0.246 e. The Bertz CT molecular complexity index is 695. The van der Waals surface area contributed by atoms with Gasteiger partial charge in [0.05, 0.1) is 18.1 Å². The van der Waals surface area contributed by atoms with Crippen molar-refractivity contribution in [2.24, 2.45) is 0 Å². The third-order valence-corrected chi connectivity index (χ3v) is 6.04. The van der Waals surface area contributed by atoms with E-state index in [-0.39, 0.29) is 23.5 Å². The van der Waals surface area contributed by atoms with E-state index in [1.165, 1.54) is 6.08 Å². The molecule has 1 unspecified atom stereocenters. The van der Waals surface area contributed by atoms with Gasteiger partial charge in [0.15, 0.2) is 9.84 Å². The van der Waals surface area contributed by atoms with E-state index in [0.29, 0.717) is 19.6 Å². The van der Waals surface area contributed by atoms with Crippen LogP contribution in [0.3, 0.4) is 0 Å². The molecule has 1 aliphatic heterocycles. The molecule has 0 bridgehead atoms. The minimum Gasteiger partial charge on any atom is -0.494 e. The second-order valence-corrected chi connectivity index (χ2v) is 8.51. The summed E-state index contributed by atoms with van der Waals surface area (Å²) in [6.45, 7) is 5.21. The van der Waals surface area contributed by atoms with Crippen LogP contribution in [-0.2, 0) is 14.6 Å². The van der Waals surface area contributed by atoms with Crippen LogP contribution < -0.4 is 4.74 Å². The number of carbonyl (C=O) groups excluding carboxylic acids is 1. The quantitative estimate of drug-likeness (QED) is 0.665. The molecule has 0 saturated carbocycles. The number of amides is 1. The lowest BCUT2D eigenvalue weighted by Crippen LogP contribution is -2.40. The summed E-state index contributed by atoms with van der Waals surface area (Å²) in [5, 5.41) is 0. The van der Waals surface area contributed by atoms with Gasteiger partial charge in [-0.2, -0.15) is 0 Å². The summed E-state index contributed by atoms with van der Waals surface area (Å²) in [6, 6.07) is 7.32. The van der Waals surface area contributed by atoms with Crippen molar-refractivity contribution in [2.45, 2.75) is 39.2 Å². The van der Waals surface area contributed by atoms with E-state index in [9.17, 15) is 13.2 Å². The highest BCUT2D eigenvalue weighted by molar-refractivity contribution is 7.91. The average molecular weight is 365 g/mol. The minimum absolute atomic E-state index is 0.0827. The van der Waals surface area contributed by atoms with Crippen LogP contribution >= 0.6 is 0 Å². The first-order chi connectivity index (χ1) is 11.9. The fourth-order valence-corrected chi connectivity index (χ4v) is 4.66. The van der Waals surface area contributed by atoms with E-state index in [1.54, 1.807) is 11.0 Å². The monoisotopic (exact) mass is 365 g/mol. The lowest BCUT2D eigenvalue weighted by Gasteiger charge is -2.27. The predicted octanol–water partition coefficient (Wildman–Crippen LogP) is 2.91.